The molecule has 2 aliphatic rings. The summed E-state index contributed by atoms with van der Waals surface area (Å²) in [5.74, 6) is 0.789. The molecule has 0 radical (unpaired) electrons. The third-order valence-corrected chi connectivity index (χ3v) is 9.41. The molecule has 186 valence electrons. The molecule has 9 nitrogen and oxygen atoms in total. The molecule has 1 saturated heterocycles. The van der Waals surface area contributed by atoms with Crippen LogP contribution >= 0.6 is 0 Å². The first kappa shape index (κ1) is 24.9. The van der Waals surface area contributed by atoms with Gasteiger partial charge in [0.15, 0.2) is 0 Å². The van der Waals surface area contributed by atoms with E-state index in [1.165, 1.54) is 23.5 Å². The molecule has 0 spiro atoms. The van der Waals surface area contributed by atoms with Crippen LogP contribution < -0.4 is 14.2 Å². The van der Waals surface area contributed by atoms with Gasteiger partial charge in [-0.15, -0.1) is 0 Å². The van der Waals surface area contributed by atoms with E-state index in [2.05, 4.69) is 4.72 Å². The minimum absolute atomic E-state index is 0.0520. The Morgan fingerprint density at radius 2 is 1.62 bits per heavy atom. The zero-order valence-electron chi connectivity index (χ0n) is 19.2. The molecule has 34 heavy (non-hydrogen) atoms. The molecule has 2 aromatic carbocycles. The Morgan fingerprint density at radius 1 is 0.971 bits per heavy atom. The number of morpholine rings is 1. The SMILES string of the molecule is COc1cc2c(cc1S(=O)(=O)NCCOc1ccc(S(=O)(=O)N3CCOCC3)cc1)CCCC2. The number of methoxy groups -OCH3 is 1. The van der Waals surface area contributed by atoms with Crippen LogP contribution in [-0.2, 0) is 37.6 Å². The zero-order chi connectivity index (χ0) is 24.2. The van der Waals surface area contributed by atoms with Crippen LogP contribution in [0.3, 0.4) is 0 Å². The van der Waals surface area contributed by atoms with E-state index in [-0.39, 0.29) is 22.9 Å². The number of hydrogen-bond donors (Lipinski definition) is 1. The first-order valence-corrected chi connectivity index (χ1v) is 14.2. The van der Waals surface area contributed by atoms with Crippen molar-refractivity contribution in [1.29, 1.82) is 0 Å². The van der Waals surface area contributed by atoms with Gasteiger partial charge in [0, 0.05) is 19.6 Å². The first-order chi connectivity index (χ1) is 16.3. The summed E-state index contributed by atoms with van der Waals surface area (Å²) in [5.41, 5.74) is 2.19. The van der Waals surface area contributed by atoms with E-state index < -0.39 is 20.0 Å². The van der Waals surface area contributed by atoms with Gasteiger partial charge in [-0.05, 0) is 73.2 Å². The van der Waals surface area contributed by atoms with Gasteiger partial charge >= 0.3 is 0 Å². The van der Waals surface area contributed by atoms with Gasteiger partial charge in [-0.2, -0.15) is 4.31 Å². The summed E-state index contributed by atoms with van der Waals surface area (Å²) in [6, 6.07) is 9.64. The summed E-state index contributed by atoms with van der Waals surface area (Å²) in [6.07, 6.45) is 3.94. The lowest BCUT2D eigenvalue weighted by molar-refractivity contribution is 0.0730. The molecule has 0 saturated carbocycles. The number of nitrogens with one attached hydrogen (secondary N) is 1. The number of hydrogen-bond acceptors (Lipinski definition) is 7. The lowest BCUT2D eigenvalue weighted by Crippen LogP contribution is -2.40. The number of benzene rings is 2. The molecule has 2 aromatic rings. The Bertz CT molecular complexity index is 1210. The maximum absolute atomic E-state index is 12.9. The van der Waals surface area contributed by atoms with Crippen LogP contribution in [-0.4, -0.2) is 67.7 Å². The summed E-state index contributed by atoms with van der Waals surface area (Å²) in [6.45, 7) is 1.56. The molecule has 0 bridgehead atoms. The summed E-state index contributed by atoms with van der Waals surface area (Å²) in [4.78, 5) is 0.315. The molecular weight excluding hydrogens is 480 g/mol. The third kappa shape index (κ3) is 5.55. The number of sulfonamides is 2. The maximum atomic E-state index is 12.9. The molecular formula is C23H30N2O7S2. The zero-order valence-corrected chi connectivity index (χ0v) is 20.8. The number of aryl methyl sites for hydroxylation is 2. The molecule has 1 aliphatic carbocycles. The Labute approximate surface area is 201 Å². The van der Waals surface area contributed by atoms with Gasteiger partial charge in [-0.3, -0.25) is 0 Å². The molecule has 4 rings (SSSR count). The summed E-state index contributed by atoms with van der Waals surface area (Å²) < 4.78 is 71.3. The van der Waals surface area contributed by atoms with E-state index in [0.717, 1.165) is 36.8 Å². The molecule has 1 N–H and O–H groups in total. The van der Waals surface area contributed by atoms with Crippen LogP contribution in [0, 0.1) is 0 Å². The fraction of sp³-hybridized carbons (Fsp3) is 0.478. The molecule has 0 aromatic heterocycles. The van der Waals surface area contributed by atoms with E-state index in [0.29, 0.717) is 37.8 Å². The van der Waals surface area contributed by atoms with Crippen molar-refractivity contribution < 1.29 is 31.0 Å². The molecule has 1 heterocycles. The van der Waals surface area contributed by atoms with Gasteiger partial charge < -0.3 is 14.2 Å². The largest absolute Gasteiger partial charge is 0.495 e. The highest BCUT2D eigenvalue weighted by Gasteiger charge is 2.26. The lowest BCUT2D eigenvalue weighted by Gasteiger charge is -2.26. The van der Waals surface area contributed by atoms with Crippen LogP contribution in [0.5, 0.6) is 11.5 Å². The van der Waals surface area contributed by atoms with Gasteiger partial charge in [0.25, 0.3) is 0 Å². The molecule has 0 amide bonds. The quantitative estimate of drug-likeness (QED) is 0.513. The van der Waals surface area contributed by atoms with Crippen molar-refractivity contribution in [3.8, 4) is 11.5 Å². The average Bonchev–Trinajstić information content (AvgIpc) is 2.86. The smallest absolute Gasteiger partial charge is 0.244 e. The van der Waals surface area contributed by atoms with E-state index in [1.807, 2.05) is 6.07 Å². The van der Waals surface area contributed by atoms with Crippen molar-refractivity contribution in [2.45, 2.75) is 35.5 Å². The number of nitrogens with zero attached hydrogens (tertiary/aromatic N) is 1. The van der Waals surface area contributed by atoms with Crippen LogP contribution in [0.2, 0.25) is 0 Å². The fourth-order valence-corrected chi connectivity index (χ4v) is 6.80. The highest BCUT2D eigenvalue weighted by atomic mass is 32.2. The first-order valence-electron chi connectivity index (χ1n) is 11.3. The van der Waals surface area contributed by atoms with Gasteiger partial charge in [-0.1, -0.05) is 0 Å². The van der Waals surface area contributed by atoms with Crippen molar-refractivity contribution in [2.75, 3.05) is 46.6 Å². The molecule has 1 aliphatic heterocycles. The minimum Gasteiger partial charge on any atom is -0.495 e. The number of fused-ring (bicyclic) bond motifs is 1. The van der Waals surface area contributed by atoms with Gasteiger partial charge in [-0.25, -0.2) is 21.6 Å². The number of ether oxygens (including phenoxy) is 3. The van der Waals surface area contributed by atoms with Gasteiger partial charge in [0.05, 0.1) is 25.2 Å². The van der Waals surface area contributed by atoms with Gasteiger partial charge in [0.1, 0.15) is 23.0 Å². The Morgan fingerprint density at radius 3 is 2.26 bits per heavy atom. The molecule has 11 heteroatoms. The minimum atomic E-state index is -3.78. The second kappa shape index (κ2) is 10.6. The van der Waals surface area contributed by atoms with Crippen molar-refractivity contribution in [3.63, 3.8) is 0 Å². The van der Waals surface area contributed by atoms with Crippen LogP contribution in [0.4, 0.5) is 0 Å². The van der Waals surface area contributed by atoms with Crippen LogP contribution in [0.15, 0.2) is 46.2 Å². The van der Waals surface area contributed by atoms with Crippen LogP contribution in [0.25, 0.3) is 0 Å². The Hall–Kier alpha value is -2.18. The van der Waals surface area contributed by atoms with Crippen molar-refractivity contribution in [1.82, 2.24) is 9.03 Å². The molecule has 0 unspecified atom stereocenters. The van der Waals surface area contributed by atoms with Gasteiger partial charge in [0.2, 0.25) is 20.0 Å². The molecule has 0 atom stereocenters. The predicted octanol–water partition coefficient (Wildman–Crippen LogP) is 1.95. The van der Waals surface area contributed by atoms with Crippen molar-refractivity contribution >= 4 is 20.0 Å². The van der Waals surface area contributed by atoms with E-state index >= 15 is 0 Å². The second-order valence-corrected chi connectivity index (χ2v) is 11.9. The summed E-state index contributed by atoms with van der Waals surface area (Å²) in [7, 11) is -5.88. The number of rotatable bonds is 9. The topological polar surface area (TPSA) is 111 Å². The summed E-state index contributed by atoms with van der Waals surface area (Å²) in [5, 5.41) is 0. The monoisotopic (exact) mass is 510 g/mol. The van der Waals surface area contributed by atoms with Crippen molar-refractivity contribution in [3.05, 3.63) is 47.5 Å². The van der Waals surface area contributed by atoms with Crippen molar-refractivity contribution in [2.24, 2.45) is 0 Å². The molecule has 1 fully saturated rings. The summed E-state index contributed by atoms with van der Waals surface area (Å²) >= 11 is 0. The highest BCUT2D eigenvalue weighted by molar-refractivity contribution is 7.89. The van der Waals surface area contributed by atoms with E-state index in [1.54, 1.807) is 18.2 Å². The van der Waals surface area contributed by atoms with E-state index in [9.17, 15) is 16.8 Å². The van der Waals surface area contributed by atoms with Crippen LogP contribution in [0.1, 0.15) is 24.0 Å². The Kier molecular flexibility index (Phi) is 7.78. The third-order valence-electron chi connectivity index (χ3n) is 6.01. The fourth-order valence-electron chi connectivity index (χ4n) is 4.18. The normalized spacial score (nSPS) is 17.2. The maximum Gasteiger partial charge on any atom is 0.244 e. The lowest BCUT2D eigenvalue weighted by atomic mass is 9.92. The second-order valence-electron chi connectivity index (χ2n) is 8.21. The average molecular weight is 511 g/mol. The standard InChI is InChI=1S/C23H30N2O7S2/c1-30-22-16-18-4-2-3-5-19(18)17-23(22)33(26,27)24-10-13-32-20-6-8-21(9-7-20)34(28,29)25-11-14-31-15-12-25/h6-9,16-17,24H,2-5,10-15H2,1H3. The highest BCUT2D eigenvalue weighted by Crippen LogP contribution is 2.31. The Balaban J connectivity index is 1.34. The predicted molar refractivity (Wildman–Crippen MR) is 126 cm³/mol. The van der Waals surface area contributed by atoms with E-state index in [4.69, 9.17) is 14.2 Å².